The molecule has 3 aromatic rings. The van der Waals surface area contributed by atoms with E-state index in [0.717, 1.165) is 36.1 Å². The standard InChI is InChI=1S/C21H24BrN9O2/c1-12(22)19(32)27-18-15-10-24-17(7-16(15)30(2)29-18)31-6-4-5-14(11-31)26-21-25-9-13(8-23)20(28-21)33-3/h7,9-10,12,14H,4-6,11H2,1-3H3,(H,25,26,28)(H,27,29,32). The summed E-state index contributed by atoms with van der Waals surface area (Å²) in [7, 11) is 3.32. The number of nitrogens with one attached hydrogen (secondary N) is 2. The van der Waals surface area contributed by atoms with Gasteiger partial charge in [-0.1, -0.05) is 15.9 Å². The summed E-state index contributed by atoms with van der Waals surface area (Å²) in [5.41, 5.74) is 1.18. The van der Waals surface area contributed by atoms with E-state index in [0.29, 0.717) is 23.9 Å². The highest BCUT2D eigenvalue weighted by molar-refractivity contribution is 9.10. The third-order valence-electron chi connectivity index (χ3n) is 5.47. The van der Waals surface area contributed by atoms with Gasteiger partial charge in [-0.2, -0.15) is 15.3 Å². The van der Waals surface area contributed by atoms with Crippen molar-refractivity contribution in [2.75, 3.05) is 35.7 Å². The molecule has 0 radical (unpaired) electrons. The summed E-state index contributed by atoms with van der Waals surface area (Å²) in [6.07, 6.45) is 5.13. The quantitative estimate of drug-likeness (QED) is 0.476. The number of fused-ring (bicyclic) bond motifs is 1. The van der Waals surface area contributed by atoms with Crippen LogP contribution in [0, 0.1) is 11.3 Å². The molecule has 33 heavy (non-hydrogen) atoms. The average Bonchev–Trinajstić information content (AvgIpc) is 3.13. The van der Waals surface area contributed by atoms with Gasteiger partial charge in [0.2, 0.25) is 17.7 Å². The number of amides is 1. The first-order valence-corrected chi connectivity index (χ1v) is 11.4. The second kappa shape index (κ2) is 9.58. The number of carbonyl (C=O) groups is 1. The van der Waals surface area contributed by atoms with Crippen molar-refractivity contribution in [1.29, 1.82) is 5.26 Å². The molecule has 11 nitrogen and oxygen atoms in total. The summed E-state index contributed by atoms with van der Waals surface area (Å²) in [4.78, 5) is 27.1. The number of piperidine rings is 1. The van der Waals surface area contributed by atoms with Crippen LogP contribution in [0.25, 0.3) is 10.9 Å². The fraction of sp³-hybridized carbons (Fsp3) is 0.429. The first-order chi connectivity index (χ1) is 15.9. The lowest BCUT2D eigenvalue weighted by Gasteiger charge is -2.34. The number of halogens is 1. The number of hydrogen-bond donors (Lipinski definition) is 2. The Kier molecular flexibility index (Phi) is 6.60. The molecule has 1 fully saturated rings. The van der Waals surface area contributed by atoms with Crippen LogP contribution >= 0.6 is 15.9 Å². The Hall–Kier alpha value is -3.46. The Bertz CT molecular complexity index is 1220. The number of pyridine rings is 1. The number of nitrogens with zero attached hydrogens (tertiary/aromatic N) is 7. The molecule has 0 aliphatic carbocycles. The zero-order valence-corrected chi connectivity index (χ0v) is 20.1. The first-order valence-electron chi connectivity index (χ1n) is 10.5. The Morgan fingerprint density at radius 3 is 2.94 bits per heavy atom. The van der Waals surface area contributed by atoms with E-state index in [1.165, 1.54) is 13.3 Å². The minimum absolute atomic E-state index is 0.107. The molecule has 0 spiro atoms. The summed E-state index contributed by atoms with van der Waals surface area (Å²) >= 11 is 3.27. The maximum absolute atomic E-state index is 12.1. The molecular formula is C21H24BrN9O2. The Morgan fingerprint density at radius 2 is 2.21 bits per heavy atom. The fourth-order valence-electron chi connectivity index (χ4n) is 3.78. The van der Waals surface area contributed by atoms with Gasteiger partial charge in [0.15, 0.2) is 5.82 Å². The number of aromatic nitrogens is 5. The minimum atomic E-state index is -0.320. The highest BCUT2D eigenvalue weighted by Gasteiger charge is 2.23. The highest BCUT2D eigenvalue weighted by atomic mass is 79.9. The number of aryl methyl sites for hydroxylation is 1. The van der Waals surface area contributed by atoms with Crippen LogP contribution in [0.15, 0.2) is 18.5 Å². The van der Waals surface area contributed by atoms with Crippen LogP contribution < -0.4 is 20.3 Å². The molecule has 1 aliphatic rings. The van der Waals surface area contributed by atoms with Crippen molar-refractivity contribution in [3.05, 3.63) is 24.0 Å². The monoisotopic (exact) mass is 513 g/mol. The predicted molar refractivity (Wildman–Crippen MR) is 128 cm³/mol. The van der Waals surface area contributed by atoms with Crippen LogP contribution in [-0.2, 0) is 11.8 Å². The van der Waals surface area contributed by atoms with Crippen molar-refractivity contribution in [1.82, 2.24) is 24.7 Å². The number of methoxy groups -OCH3 is 1. The van der Waals surface area contributed by atoms with E-state index in [1.807, 2.05) is 19.2 Å². The molecule has 0 saturated carbocycles. The fourth-order valence-corrected chi connectivity index (χ4v) is 3.89. The second-order valence-electron chi connectivity index (χ2n) is 7.79. The van der Waals surface area contributed by atoms with Crippen LogP contribution in [0.4, 0.5) is 17.6 Å². The predicted octanol–water partition coefficient (Wildman–Crippen LogP) is 2.44. The summed E-state index contributed by atoms with van der Waals surface area (Å²) in [6, 6.07) is 4.11. The first kappa shape index (κ1) is 22.7. The summed E-state index contributed by atoms with van der Waals surface area (Å²) in [5.74, 6) is 1.85. The summed E-state index contributed by atoms with van der Waals surface area (Å²) in [5, 5.41) is 20.5. The number of alkyl halides is 1. The molecule has 12 heteroatoms. The maximum atomic E-state index is 12.1. The van der Waals surface area contributed by atoms with E-state index in [1.54, 1.807) is 17.8 Å². The number of ether oxygens (including phenoxy) is 1. The summed E-state index contributed by atoms with van der Waals surface area (Å²) < 4.78 is 6.92. The lowest BCUT2D eigenvalue weighted by atomic mass is 10.1. The van der Waals surface area contributed by atoms with Crippen LogP contribution in [-0.4, -0.2) is 61.7 Å². The zero-order chi connectivity index (χ0) is 23.5. The van der Waals surface area contributed by atoms with Crippen LogP contribution in [0.1, 0.15) is 25.3 Å². The van der Waals surface area contributed by atoms with Crippen molar-refractivity contribution >= 4 is 50.3 Å². The van der Waals surface area contributed by atoms with Gasteiger partial charge >= 0.3 is 0 Å². The normalized spacial score (nSPS) is 16.8. The second-order valence-corrected chi connectivity index (χ2v) is 9.17. The molecule has 2 N–H and O–H groups in total. The molecule has 2 unspecified atom stereocenters. The Balaban J connectivity index is 1.51. The lowest BCUT2D eigenvalue weighted by Crippen LogP contribution is -2.42. The molecule has 172 valence electrons. The molecular weight excluding hydrogens is 490 g/mol. The van der Waals surface area contributed by atoms with Crippen LogP contribution in [0.2, 0.25) is 0 Å². The lowest BCUT2D eigenvalue weighted by molar-refractivity contribution is -0.115. The molecule has 4 rings (SSSR count). The smallest absolute Gasteiger partial charge is 0.239 e. The van der Waals surface area contributed by atoms with Gasteiger partial charge in [-0.25, -0.2) is 9.97 Å². The SMILES string of the molecule is COc1nc(NC2CCCN(c3cc4c(cn3)c(NC(=O)C(C)Br)nn4C)C2)ncc1C#N. The van der Waals surface area contributed by atoms with Crippen molar-refractivity contribution in [3.8, 4) is 11.9 Å². The van der Waals surface area contributed by atoms with Crippen molar-refractivity contribution in [3.63, 3.8) is 0 Å². The number of rotatable bonds is 6. The van der Waals surface area contributed by atoms with Gasteiger partial charge in [-0.05, 0) is 19.8 Å². The zero-order valence-electron chi connectivity index (χ0n) is 18.5. The van der Waals surface area contributed by atoms with Crippen molar-refractivity contribution < 1.29 is 9.53 Å². The van der Waals surface area contributed by atoms with Crippen molar-refractivity contribution in [2.45, 2.75) is 30.6 Å². The third-order valence-corrected chi connectivity index (χ3v) is 5.89. The average molecular weight is 514 g/mol. The van der Waals surface area contributed by atoms with Crippen LogP contribution in [0.3, 0.4) is 0 Å². The van der Waals surface area contributed by atoms with E-state index in [-0.39, 0.29) is 22.7 Å². The Labute approximate surface area is 199 Å². The molecule has 4 heterocycles. The number of nitriles is 1. The van der Waals surface area contributed by atoms with E-state index < -0.39 is 0 Å². The number of anilines is 3. The van der Waals surface area contributed by atoms with E-state index >= 15 is 0 Å². The molecule has 0 aromatic carbocycles. The van der Waals surface area contributed by atoms with E-state index in [9.17, 15) is 4.79 Å². The van der Waals surface area contributed by atoms with E-state index in [4.69, 9.17) is 10.00 Å². The van der Waals surface area contributed by atoms with Gasteiger partial charge < -0.3 is 20.3 Å². The molecule has 2 atom stereocenters. The van der Waals surface area contributed by atoms with Gasteiger partial charge in [0.25, 0.3) is 0 Å². The van der Waals surface area contributed by atoms with Gasteiger partial charge in [-0.15, -0.1) is 0 Å². The van der Waals surface area contributed by atoms with Gasteiger partial charge in [-0.3, -0.25) is 9.48 Å². The molecule has 1 saturated heterocycles. The molecule has 3 aromatic heterocycles. The number of hydrogen-bond acceptors (Lipinski definition) is 9. The topological polar surface area (TPSA) is 134 Å². The van der Waals surface area contributed by atoms with Gasteiger partial charge in [0, 0.05) is 38.4 Å². The van der Waals surface area contributed by atoms with Gasteiger partial charge in [0.1, 0.15) is 17.5 Å². The third kappa shape index (κ3) is 4.83. The van der Waals surface area contributed by atoms with Crippen molar-refractivity contribution in [2.24, 2.45) is 7.05 Å². The van der Waals surface area contributed by atoms with Crippen LogP contribution in [0.5, 0.6) is 5.88 Å². The van der Waals surface area contributed by atoms with Gasteiger partial charge in [0.05, 0.1) is 29.0 Å². The molecule has 1 amide bonds. The largest absolute Gasteiger partial charge is 0.480 e. The maximum Gasteiger partial charge on any atom is 0.239 e. The minimum Gasteiger partial charge on any atom is -0.480 e. The number of carbonyl (C=O) groups excluding carboxylic acids is 1. The highest BCUT2D eigenvalue weighted by Crippen LogP contribution is 2.27. The molecule has 1 aliphatic heterocycles. The van der Waals surface area contributed by atoms with E-state index in [2.05, 4.69) is 51.5 Å². The summed E-state index contributed by atoms with van der Waals surface area (Å²) in [6.45, 7) is 3.35. The Morgan fingerprint density at radius 1 is 1.39 bits per heavy atom. The molecule has 0 bridgehead atoms.